The summed E-state index contributed by atoms with van der Waals surface area (Å²) in [6, 6.07) is 8.75. The molecule has 1 aliphatic heterocycles. The van der Waals surface area contributed by atoms with Gasteiger partial charge in [0.05, 0.1) is 0 Å². The van der Waals surface area contributed by atoms with E-state index in [1.165, 1.54) is 22.4 Å². The van der Waals surface area contributed by atoms with E-state index in [1.54, 1.807) is 11.3 Å². The Hall–Kier alpha value is -1.39. The molecule has 1 saturated heterocycles. The number of aryl methyl sites for hydroxylation is 1. The number of thiazole rings is 1. The molecule has 0 amide bonds. The Morgan fingerprint density at radius 3 is 3.00 bits per heavy atom. The van der Waals surface area contributed by atoms with Gasteiger partial charge in [0.2, 0.25) is 0 Å². The molecule has 1 atom stereocenters. The van der Waals surface area contributed by atoms with Crippen LogP contribution >= 0.6 is 11.3 Å². The SMILES string of the molecule is Cc1ccccc1C1CCN(Cc2cnc(N)s2)C1. The normalized spacial score (nSPS) is 19.9. The molecule has 1 aliphatic rings. The van der Waals surface area contributed by atoms with Gasteiger partial charge in [-0.1, -0.05) is 24.3 Å². The molecule has 0 radical (unpaired) electrons. The van der Waals surface area contributed by atoms with Crippen LogP contribution in [0.1, 0.15) is 28.3 Å². The van der Waals surface area contributed by atoms with Crippen LogP contribution in [0.15, 0.2) is 30.5 Å². The highest BCUT2D eigenvalue weighted by atomic mass is 32.1. The van der Waals surface area contributed by atoms with Crippen molar-refractivity contribution in [3.63, 3.8) is 0 Å². The molecule has 2 N–H and O–H groups in total. The topological polar surface area (TPSA) is 42.2 Å². The van der Waals surface area contributed by atoms with Crippen molar-refractivity contribution in [2.45, 2.75) is 25.8 Å². The van der Waals surface area contributed by atoms with Gasteiger partial charge in [-0.25, -0.2) is 4.98 Å². The first-order chi connectivity index (χ1) is 9.22. The molecule has 19 heavy (non-hydrogen) atoms. The van der Waals surface area contributed by atoms with Crippen molar-refractivity contribution in [3.05, 3.63) is 46.5 Å². The second-order valence-corrected chi connectivity index (χ2v) is 6.39. The van der Waals surface area contributed by atoms with Crippen molar-refractivity contribution in [1.29, 1.82) is 0 Å². The summed E-state index contributed by atoms with van der Waals surface area (Å²) in [5.74, 6) is 0.673. The van der Waals surface area contributed by atoms with E-state index >= 15 is 0 Å². The number of benzene rings is 1. The zero-order chi connectivity index (χ0) is 13.2. The molecule has 0 bridgehead atoms. The van der Waals surface area contributed by atoms with Crippen molar-refractivity contribution < 1.29 is 0 Å². The molecule has 3 nitrogen and oxygen atoms in total. The van der Waals surface area contributed by atoms with Gasteiger partial charge in [-0.2, -0.15) is 0 Å². The zero-order valence-electron chi connectivity index (χ0n) is 11.2. The number of nitrogen functional groups attached to an aromatic ring is 1. The third-order valence-corrected chi connectivity index (χ3v) is 4.66. The fraction of sp³-hybridized carbons (Fsp3) is 0.400. The first-order valence-corrected chi connectivity index (χ1v) is 7.52. The van der Waals surface area contributed by atoms with Crippen molar-refractivity contribution >= 4 is 16.5 Å². The molecule has 2 aromatic rings. The average molecular weight is 273 g/mol. The summed E-state index contributed by atoms with van der Waals surface area (Å²) in [5.41, 5.74) is 8.60. The van der Waals surface area contributed by atoms with Gasteiger partial charge in [-0.05, 0) is 36.9 Å². The van der Waals surface area contributed by atoms with Crippen LogP contribution in [0.3, 0.4) is 0 Å². The van der Waals surface area contributed by atoms with Crippen LogP contribution in [0.5, 0.6) is 0 Å². The number of rotatable bonds is 3. The molecule has 1 fully saturated rings. The molecule has 100 valence electrons. The van der Waals surface area contributed by atoms with Crippen LogP contribution in [0.25, 0.3) is 0 Å². The maximum absolute atomic E-state index is 5.68. The molecule has 0 spiro atoms. The van der Waals surface area contributed by atoms with Crippen LogP contribution in [0.4, 0.5) is 5.13 Å². The summed E-state index contributed by atoms with van der Waals surface area (Å²) in [6.07, 6.45) is 3.15. The highest BCUT2D eigenvalue weighted by molar-refractivity contribution is 7.15. The number of nitrogens with zero attached hydrogens (tertiary/aromatic N) is 2. The minimum Gasteiger partial charge on any atom is -0.375 e. The predicted octanol–water partition coefficient (Wildman–Crippen LogP) is 3.02. The van der Waals surface area contributed by atoms with Gasteiger partial charge >= 0.3 is 0 Å². The van der Waals surface area contributed by atoms with E-state index in [0.29, 0.717) is 11.0 Å². The van der Waals surface area contributed by atoms with Gasteiger partial charge in [-0.15, -0.1) is 11.3 Å². The van der Waals surface area contributed by atoms with Crippen LogP contribution in [-0.4, -0.2) is 23.0 Å². The molecule has 2 heterocycles. The summed E-state index contributed by atoms with van der Waals surface area (Å²) in [6.45, 7) is 5.50. The van der Waals surface area contributed by atoms with E-state index in [-0.39, 0.29) is 0 Å². The minimum atomic E-state index is 0.671. The molecule has 0 saturated carbocycles. The van der Waals surface area contributed by atoms with E-state index in [1.807, 2.05) is 6.20 Å². The molecule has 0 aliphatic carbocycles. The first kappa shape index (κ1) is 12.6. The fourth-order valence-corrected chi connectivity index (χ4v) is 3.62. The molecule has 1 unspecified atom stereocenters. The molecule has 1 aromatic heterocycles. The Morgan fingerprint density at radius 2 is 2.26 bits per heavy atom. The van der Waals surface area contributed by atoms with Gasteiger partial charge < -0.3 is 5.73 Å². The Labute approximate surface area is 118 Å². The molecule has 4 heteroatoms. The lowest BCUT2D eigenvalue weighted by Gasteiger charge is -2.16. The summed E-state index contributed by atoms with van der Waals surface area (Å²) in [7, 11) is 0. The van der Waals surface area contributed by atoms with Gasteiger partial charge in [0.15, 0.2) is 5.13 Å². The van der Waals surface area contributed by atoms with E-state index in [9.17, 15) is 0 Å². The van der Waals surface area contributed by atoms with E-state index < -0.39 is 0 Å². The quantitative estimate of drug-likeness (QED) is 0.934. The third kappa shape index (κ3) is 2.80. The Morgan fingerprint density at radius 1 is 1.42 bits per heavy atom. The Balaban J connectivity index is 1.66. The highest BCUT2D eigenvalue weighted by Gasteiger charge is 2.25. The monoisotopic (exact) mass is 273 g/mol. The number of likely N-dealkylation sites (tertiary alicyclic amines) is 1. The van der Waals surface area contributed by atoms with Crippen LogP contribution < -0.4 is 5.73 Å². The lowest BCUT2D eigenvalue weighted by atomic mass is 9.94. The van der Waals surface area contributed by atoms with Gasteiger partial charge in [0, 0.05) is 24.2 Å². The fourth-order valence-electron chi connectivity index (χ4n) is 2.89. The third-order valence-electron chi connectivity index (χ3n) is 3.85. The van der Waals surface area contributed by atoms with Crippen molar-refractivity contribution in [3.8, 4) is 0 Å². The lowest BCUT2D eigenvalue weighted by Crippen LogP contribution is -2.19. The number of aromatic nitrogens is 1. The second-order valence-electron chi connectivity index (χ2n) is 5.24. The van der Waals surface area contributed by atoms with Crippen LogP contribution in [0.2, 0.25) is 0 Å². The first-order valence-electron chi connectivity index (χ1n) is 6.70. The Kier molecular flexibility index (Phi) is 3.53. The Bertz CT molecular complexity index is 564. The molecular formula is C15H19N3S. The smallest absolute Gasteiger partial charge is 0.180 e. The van der Waals surface area contributed by atoms with E-state index in [0.717, 1.165) is 19.6 Å². The summed E-state index contributed by atoms with van der Waals surface area (Å²) in [5, 5.41) is 0.671. The predicted molar refractivity (Wildman–Crippen MR) is 80.3 cm³/mol. The lowest BCUT2D eigenvalue weighted by molar-refractivity contribution is 0.329. The van der Waals surface area contributed by atoms with E-state index in [4.69, 9.17) is 5.73 Å². The van der Waals surface area contributed by atoms with Crippen LogP contribution in [-0.2, 0) is 6.54 Å². The van der Waals surface area contributed by atoms with E-state index in [2.05, 4.69) is 41.1 Å². The van der Waals surface area contributed by atoms with Gasteiger partial charge in [0.1, 0.15) is 0 Å². The van der Waals surface area contributed by atoms with Gasteiger partial charge in [0.25, 0.3) is 0 Å². The maximum Gasteiger partial charge on any atom is 0.180 e. The van der Waals surface area contributed by atoms with Crippen LogP contribution in [0, 0.1) is 6.92 Å². The molecule has 3 rings (SSSR count). The standard InChI is InChI=1S/C15H19N3S/c1-11-4-2-3-5-14(11)12-6-7-18(9-12)10-13-8-17-15(16)19-13/h2-5,8,12H,6-7,9-10H2,1H3,(H2,16,17). The zero-order valence-corrected chi connectivity index (χ0v) is 12.0. The summed E-state index contributed by atoms with van der Waals surface area (Å²) >= 11 is 1.60. The average Bonchev–Trinajstić information content (AvgIpc) is 3.00. The maximum atomic E-state index is 5.68. The molecule has 1 aromatic carbocycles. The van der Waals surface area contributed by atoms with Crippen molar-refractivity contribution in [2.75, 3.05) is 18.8 Å². The minimum absolute atomic E-state index is 0.671. The van der Waals surface area contributed by atoms with Crippen molar-refractivity contribution in [2.24, 2.45) is 0 Å². The number of nitrogens with two attached hydrogens (primary N) is 1. The second kappa shape index (κ2) is 5.31. The van der Waals surface area contributed by atoms with Gasteiger partial charge in [-0.3, -0.25) is 4.90 Å². The highest BCUT2D eigenvalue weighted by Crippen LogP contribution is 2.30. The molecular weight excluding hydrogens is 254 g/mol. The summed E-state index contributed by atoms with van der Waals surface area (Å²) in [4.78, 5) is 7.89. The van der Waals surface area contributed by atoms with Crippen molar-refractivity contribution in [1.82, 2.24) is 9.88 Å². The largest absolute Gasteiger partial charge is 0.375 e. The number of hydrogen-bond acceptors (Lipinski definition) is 4. The number of anilines is 1. The number of hydrogen-bond donors (Lipinski definition) is 1. The summed E-state index contributed by atoms with van der Waals surface area (Å²) < 4.78 is 0.